The van der Waals surface area contributed by atoms with E-state index >= 15 is 0 Å². The smallest absolute Gasteiger partial charge is 0.167 e. The maximum absolute atomic E-state index is 11.4. The Morgan fingerprint density at radius 1 is 0.458 bits per heavy atom. The average Bonchev–Trinajstić information content (AvgIpc) is 4.05. The molecule has 59 heavy (non-hydrogen) atoms. The van der Waals surface area contributed by atoms with Gasteiger partial charge in [0.25, 0.3) is 0 Å². The fourth-order valence-corrected chi connectivity index (χ4v) is 9.48. The number of furan rings is 1. The van der Waals surface area contributed by atoms with Crippen molar-refractivity contribution in [2.24, 2.45) is 0 Å². The van der Waals surface area contributed by atoms with Gasteiger partial charge in [-0.1, -0.05) is 133 Å². The minimum atomic E-state index is 0.422. The summed E-state index contributed by atoms with van der Waals surface area (Å²) in [6, 6.07) is 60.6. The SMILES string of the molecule is N#Cc1cc(-c2nc(-c3ccccc3)nc(-c3ccccc3)n2)c2oc3ccccc3c2c1-n1c2ccccc2c2cc3c4ccccc4n4c5ccccc5c(c21)c34. The van der Waals surface area contributed by atoms with Crippen LogP contribution in [-0.2, 0) is 0 Å². The van der Waals surface area contributed by atoms with Crippen molar-refractivity contribution in [3.63, 3.8) is 0 Å². The summed E-state index contributed by atoms with van der Waals surface area (Å²) >= 11 is 0. The van der Waals surface area contributed by atoms with E-state index < -0.39 is 0 Å². The highest BCUT2D eigenvalue weighted by Gasteiger charge is 2.29. The van der Waals surface area contributed by atoms with Crippen LogP contribution in [0.5, 0.6) is 0 Å². The Balaban J connectivity index is 1.21. The normalized spacial score (nSPS) is 12.1. The van der Waals surface area contributed by atoms with Gasteiger partial charge in [0.15, 0.2) is 17.5 Å². The average molecular weight is 753 g/mol. The molecular weight excluding hydrogens is 725 g/mol. The molecule has 0 N–H and O–H groups in total. The fourth-order valence-electron chi connectivity index (χ4n) is 9.48. The lowest BCUT2D eigenvalue weighted by Gasteiger charge is -2.15. The first kappa shape index (κ1) is 31.8. The molecular formula is C52H28N6O. The lowest BCUT2D eigenvalue weighted by molar-refractivity contribution is 0.669. The first-order chi connectivity index (χ1) is 29.2. The van der Waals surface area contributed by atoms with Gasteiger partial charge in [0.05, 0.1) is 49.8 Å². The molecule has 0 radical (unpaired) electrons. The largest absolute Gasteiger partial charge is 0.455 e. The quantitative estimate of drug-likeness (QED) is 0.179. The molecule has 0 saturated carbocycles. The summed E-state index contributed by atoms with van der Waals surface area (Å²) in [7, 11) is 0. The van der Waals surface area contributed by atoms with E-state index in [0.29, 0.717) is 39.8 Å². The molecule has 13 aromatic rings. The third kappa shape index (κ3) is 4.32. The van der Waals surface area contributed by atoms with Gasteiger partial charge < -0.3 is 13.4 Å². The maximum Gasteiger partial charge on any atom is 0.167 e. The van der Waals surface area contributed by atoms with Gasteiger partial charge in [0.2, 0.25) is 0 Å². The van der Waals surface area contributed by atoms with Gasteiger partial charge in [-0.25, -0.2) is 15.0 Å². The molecule has 7 heteroatoms. The summed E-state index contributed by atoms with van der Waals surface area (Å²) in [4.78, 5) is 15.2. The number of benzene rings is 8. The lowest BCUT2D eigenvalue weighted by Crippen LogP contribution is -2.03. The van der Waals surface area contributed by atoms with Crippen LogP contribution in [0.15, 0.2) is 174 Å². The molecule has 272 valence electrons. The Hall–Kier alpha value is -8.34. The van der Waals surface area contributed by atoms with E-state index in [1.54, 1.807) is 0 Å². The Labute approximate surface area is 335 Å². The maximum atomic E-state index is 11.4. The van der Waals surface area contributed by atoms with Crippen LogP contribution in [0, 0.1) is 11.3 Å². The summed E-state index contributed by atoms with van der Waals surface area (Å²) in [6.45, 7) is 0. The van der Waals surface area contributed by atoms with Gasteiger partial charge in [-0.05, 0) is 36.4 Å². The molecule has 0 spiro atoms. The molecule has 0 unspecified atom stereocenters. The predicted octanol–water partition coefficient (Wildman–Crippen LogP) is 12.9. The van der Waals surface area contributed by atoms with Crippen LogP contribution in [0.25, 0.3) is 122 Å². The highest BCUT2D eigenvalue weighted by atomic mass is 16.3. The highest BCUT2D eigenvalue weighted by Crippen LogP contribution is 2.49. The summed E-state index contributed by atoms with van der Waals surface area (Å²) in [6.07, 6.45) is 0. The second-order valence-corrected chi connectivity index (χ2v) is 15.0. The number of hydrogen-bond acceptors (Lipinski definition) is 5. The molecule has 0 amide bonds. The van der Waals surface area contributed by atoms with Crippen LogP contribution >= 0.6 is 0 Å². The van der Waals surface area contributed by atoms with Gasteiger partial charge in [-0.3, -0.25) is 0 Å². The summed E-state index contributed by atoms with van der Waals surface area (Å²) in [5.74, 6) is 1.49. The van der Waals surface area contributed by atoms with Gasteiger partial charge in [0, 0.05) is 48.8 Å². The van der Waals surface area contributed by atoms with E-state index in [-0.39, 0.29) is 0 Å². The van der Waals surface area contributed by atoms with Crippen molar-refractivity contribution in [3.05, 3.63) is 175 Å². The van der Waals surface area contributed by atoms with Crippen LogP contribution in [0.1, 0.15) is 5.56 Å². The number of aromatic nitrogens is 5. The molecule has 5 aromatic heterocycles. The third-order valence-corrected chi connectivity index (χ3v) is 11.9. The second kappa shape index (κ2) is 11.8. The molecule has 0 bridgehead atoms. The topological polar surface area (TPSA) is 84.9 Å². The minimum Gasteiger partial charge on any atom is -0.455 e. The zero-order valence-corrected chi connectivity index (χ0v) is 31.3. The van der Waals surface area contributed by atoms with E-state index in [1.807, 2.05) is 84.9 Å². The molecule has 0 aliphatic carbocycles. The monoisotopic (exact) mass is 752 g/mol. The number of hydrogen-bond donors (Lipinski definition) is 0. The molecule has 0 atom stereocenters. The third-order valence-electron chi connectivity index (χ3n) is 11.9. The van der Waals surface area contributed by atoms with E-state index in [1.165, 1.54) is 21.8 Å². The Morgan fingerprint density at radius 3 is 1.66 bits per heavy atom. The van der Waals surface area contributed by atoms with Gasteiger partial charge in [-0.2, -0.15) is 5.26 Å². The van der Waals surface area contributed by atoms with E-state index in [9.17, 15) is 5.26 Å². The summed E-state index contributed by atoms with van der Waals surface area (Å²) in [5, 5.41) is 20.0. The number of nitrogens with zero attached hydrogens (tertiary/aromatic N) is 6. The Kier molecular flexibility index (Phi) is 6.38. The molecule has 5 heterocycles. The lowest BCUT2D eigenvalue weighted by atomic mass is 10.00. The first-order valence-electron chi connectivity index (χ1n) is 19.6. The number of nitriles is 1. The van der Waals surface area contributed by atoms with Crippen molar-refractivity contribution in [3.8, 4) is 45.9 Å². The zero-order valence-electron chi connectivity index (χ0n) is 31.3. The van der Waals surface area contributed by atoms with E-state index in [2.05, 4.69) is 100.0 Å². The Bertz CT molecular complexity index is 3850. The molecule has 0 fully saturated rings. The first-order valence-corrected chi connectivity index (χ1v) is 19.6. The van der Waals surface area contributed by atoms with Crippen LogP contribution < -0.4 is 0 Å². The number of rotatable bonds is 4. The molecule has 8 aromatic carbocycles. The fraction of sp³-hybridized carbons (Fsp3) is 0. The number of para-hydroxylation sites is 4. The standard InChI is InChI=1S/C52H28N6O/c53-29-32-27-39(52-55-50(30-15-3-1-4-16-30)54-51(56-52)31-17-5-2-6-18-31)49-45(36-22-10-14-26-43(36)59-49)46(32)58-41-24-12-8-20-34(41)38-28-37-33-19-7-11-23-40(33)57-42-25-13-9-21-35(42)44(47(37)57)48(38)58/h1-28H. The van der Waals surface area contributed by atoms with E-state index in [0.717, 1.165) is 65.7 Å². The van der Waals surface area contributed by atoms with Gasteiger partial charge in [0.1, 0.15) is 17.2 Å². The zero-order chi connectivity index (χ0) is 38.8. The molecule has 13 rings (SSSR count). The van der Waals surface area contributed by atoms with Crippen molar-refractivity contribution < 1.29 is 4.42 Å². The van der Waals surface area contributed by atoms with Crippen LogP contribution in [0.2, 0.25) is 0 Å². The summed E-state index contributed by atoms with van der Waals surface area (Å²) < 4.78 is 11.6. The van der Waals surface area contributed by atoms with Crippen LogP contribution in [-0.4, -0.2) is 23.9 Å². The molecule has 0 saturated heterocycles. The van der Waals surface area contributed by atoms with Crippen LogP contribution in [0.4, 0.5) is 0 Å². The minimum absolute atomic E-state index is 0.422. The molecule has 0 aliphatic rings. The summed E-state index contributed by atoms with van der Waals surface area (Å²) in [5.41, 5.74) is 10.4. The van der Waals surface area contributed by atoms with Crippen LogP contribution in [0.3, 0.4) is 0 Å². The van der Waals surface area contributed by atoms with E-state index in [4.69, 9.17) is 19.4 Å². The van der Waals surface area contributed by atoms with Crippen molar-refractivity contribution in [2.45, 2.75) is 0 Å². The predicted molar refractivity (Wildman–Crippen MR) is 237 cm³/mol. The van der Waals surface area contributed by atoms with Crippen molar-refractivity contribution in [1.29, 1.82) is 5.26 Å². The highest BCUT2D eigenvalue weighted by molar-refractivity contribution is 6.34. The van der Waals surface area contributed by atoms with Gasteiger partial charge in [-0.15, -0.1) is 0 Å². The van der Waals surface area contributed by atoms with Crippen molar-refractivity contribution >= 4 is 81.8 Å². The molecule has 7 nitrogen and oxygen atoms in total. The van der Waals surface area contributed by atoms with Crippen molar-refractivity contribution in [2.75, 3.05) is 0 Å². The Morgan fingerprint density at radius 2 is 0.983 bits per heavy atom. The van der Waals surface area contributed by atoms with Gasteiger partial charge >= 0.3 is 0 Å². The van der Waals surface area contributed by atoms with Crippen molar-refractivity contribution in [1.82, 2.24) is 23.9 Å². The molecule has 0 aliphatic heterocycles. The number of fused-ring (bicyclic) bond motifs is 13. The second-order valence-electron chi connectivity index (χ2n) is 15.0.